The number of rotatable bonds is 0. The predicted octanol–water partition coefficient (Wildman–Crippen LogP) is 4.42. The van der Waals surface area contributed by atoms with Crippen LogP contribution in [0.5, 0.6) is 0 Å². The Bertz CT molecular complexity index is 751. The van der Waals surface area contributed by atoms with Gasteiger partial charge in [-0.1, -0.05) is 46.9 Å². The van der Waals surface area contributed by atoms with Gasteiger partial charge in [-0.15, -0.1) is 0 Å². The molecule has 0 aliphatic heterocycles. The summed E-state index contributed by atoms with van der Waals surface area (Å²) in [6.07, 6.45) is 0. The average molecular weight is 312 g/mol. The average Bonchev–Trinajstić information content (AvgIpc) is 2.38. The second-order valence-electron chi connectivity index (χ2n) is 4.10. The van der Waals surface area contributed by atoms with Crippen molar-refractivity contribution in [3.05, 3.63) is 67.7 Å². The molecule has 0 saturated carbocycles. The van der Waals surface area contributed by atoms with E-state index in [9.17, 15) is 9.59 Å². The molecule has 0 heterocycles. The molecule has 0 N–H and O–H groups in total. The lowest BCUT2D eigenvalue weighted by molar-refractivity contribution is 0.0979. The lowest BCUT2D eigenvalue weighted by Gasteiger charge is -2.20. The minimum absolute atomic E-state index is 0.125. The van der Waals surface area contributed by atoms with E-state index in [0.29, 0.717) is 0 Å². The van der Waals surface area contributed by atoms with Crippen LogP contribution in [0.25, 0.3) is 0 Å². The van der Waals surface area contributed by atoms with Gasteiger partial charge in [-0.25, -0.2) is 0 Å². The van der Waals surface area contributed by atoms with Gasteiger partial charge in [-0.3, -0.25) is 9.59 Å². The fourth-order valence-corrected chi connectivity index (χ4v) is 2.95. The summed E-state index contributed by atoms with van der Waals surface area (Å²) in [4.78, 5) is 24.9. The van der Waals surface area contributed by atoms with Crippen molar-refractivity contribution in [2.24, 2.45) is 0 Å². The van der Waals surface area contributed by atoms with E-state index in [0.717, 1.165) is 0 Å². The lowest BCUT2D eigenvalue weighted by atomic mass is 9.84. The smallest absolute Gasteiger partial charge is 0.197 e. The summed E-state index contributed by atoms with van der Waals surface area (Å²) in [6, 6.07) is 7.74. The van der Waals surface area contributed by atoms with E-state index in [4.69, 9.17) is 34.8 Å². The summed E-state index contributed by atoms with van der Waals surface area (Å²) < 4.78 is 0. The first kappa shape index (κ1) is 12.7. The van der Waals surface area contributed by atoms with E-state index < -0.39 is 0 Å². The highest BCUT2D eigenvalue weighted by atomic mass is 35.5. The molecule has 0 fully saturated rings. The van der Waals surface area contributed by atoms with Crippen molar-refractivity contribution in [1.29, 1.82) is 0 Å². The monoisotopic (exact) mass is 310 g/mol. The molecule has 1 aliphatic rings. The first-order valence-corrected chi connectivity index (χ1v) is 6.51. The highest BCUT2D eigenvalue weighted by molar-refractivity contribution is 6.45. The number of benzene rings is 2. The summed E-state index contributed by atoms with van der Waals surface area (Å²) in [5, 5.41) is 0.643. The maximum absolute atomic E-state index is 12.5. The Hall–Kier alpha value is -1.35. The molecule has 0 spiro atoms. The first-order valence-electron chi connectivity index (χ1n) is 5.38. The van der Waals surface area contributed by atoms with Crippen molar-refractivity contribution in [2.45, 2.75) is 0 Å². The first-order chi connectivity index (χ1) is 9.02. The SMILES string of the molecule is O=C1c2cccc(Cl)c2C(=O)c2c(Cl)ccc(Cl)c21. The van der Waals surface area contributed by atoms with Gasteiger partial charge in [0, 0.05) is 5.56 Å². The second-order valence-corrected chi connectivity index (χ2v) is 5.32. The molecule has 19 heavy (non-hydrogen) atoms. The Balaban J connectivity index is 2.43. The Kier molecular flexibility index (Phi) is 2.90. The third kappa shape index (κ3) is 1.71. The standard InChI is InChI=1S/C14H5Cl3O2/c15-7-3-1-2-6-10(7)14(19)12-9(17)5-4-8(16)11(12)13(6)18/h1-5H. The van der Waals surface area contributed by atoms with Gasteiger partial charge in [0.15, 0.2) is 11.6 Å². The molecule has 0 amide bonds. The largest absolute Gasteiger partial charge is 0.289 e. The molecule has 0 unspecified atom stereocenters. The van der Waals surface area contributed by atoms with E-state index in [1.807, 2.05) is 0 Å². The Labute approximate surface area is 123 Å². The summed E-state index contributed by atoms with van der Waals surface area (Å²) in [5.74, 6) is -0.706. The minimum Gasteiger partial charge on any atom is -0.289 e. The molecule has 3 rings (SSSR count). The van der Waals surface area contributed by atoms with Crippen LogP contribution in [0.1, 0.15) is 31.8 Å². The number of hydrogen-bond donors (Lipinski definition) is 0. The van der Waals surface area contributed by atoms with Crippen LogP contribution in [-0.2, 0) is 0 Å². The molecule has 0 saturated heterocycles. The zero-order valence-corrected chi connectivity index (χ0v) is 11.6. The van der Waals surface area contributed by atoms with Crippen molar-refractivity contribution in [3.63, 3.8) is 0 Å². The zero-order chi connectivity index (χ0) is 13.7. The molecule has 0 bridgehead atoms. The third-order valence-corrected chi connectivity index (χ3v) is 3.99. The normalized spacial score (nSPS) is 13.2. The molecule has 2 aromatic carbocycles. The molecule has 1 aliphatic carbocycles. The second kappa shape index (κ2) is 4.34. The van der Waals surface area contributed by atoms with Crippen LogP contribution in [-0.4, -0.2) is 11.6 Å². The minimum atomic E-state index is -0.372. The van der Waals surface area contributed by atoms with Crippen LogP contribution in [0.4, 0.5) is 0 Å². The van der Waals surface area contributed by atoms with Crippen LogP contribution >= 0.6 is 34.8 Å². The predicted molar refractivity (Wildman–Crippen MR) is 74.8 cm³/mol. The van der Waals surface area contributed by atoms with Crippen molar-refractivity contribution in [1.82, 2.24) is 0 Å². The molecular weight excluding hydrogens is 307 g/mol. The van der Waals surface area contributed by atoms with Crippen LogP contribution in [0.2, 0.25) is 15.1 Å². The number of fused-ring (bicyclic) bond motifs is 2. The van der Waals surface area contributed by atoms with E-state index >= 15 is 0 Å². The fraction of sp³-hybridized carbons (Fsp3) is 0. The molecule has 5 heteroatoms. The Morgan fingerprint density at radius 3 is 1.79 bits per heavy atom. The van der Waals surface area contributed by atoms with E-state index in [1.54, 1.807) is 18.2 Å². The molecule has 94 valence electrons. The summed E-state index contributed by atoms with van der Waals surface area (Å²) in [6.45, 7) is 0. The topological polar surface area (TPSA) is 34.1 Å². The van der Waals surface area contributed by atoms with Gasteiger partial charge >= 0.3 is 0 Å². The van der Waals surface area contributed by atoms with Gasteiger partial charge in [-0.2, -0.15) is 0 Å². The number of carbonyl (C=O) groups is 2. The van der Waals surface area contributed by atoms with Crippen LogP contribution in [0.3, 0.4) is 0 Å². The Morgan fingerprint density at radius 2 is 1.16 bits per heavy atom. The highest BCUT2D eigenvalue weighted by Crippen LogP contribution is 2.38. The van der Waals surface area contributed by atoms with Crippen molar-refractivity contribution in [2.75, 3.05) is 0 Å². The van der Waals surface area contributed by atoms with Crippen molar-refractivity contribution < 1.29 is 9.59 Å². The van der Waals surface area contributed by atoms with Gasteiger partial charge in [-0.05, 0) is 18.2 Å². The number of halogens is 3. The van der Waals surface area contributed by atoms with E-state index in [1.165, 1.54) is 12.1 Å². The fourth-order valence-electron chi connectivity index (χ4n) is 2.20. The van der Waals surface area contributed by atoms with E-state index in [2.05, 4.69) is 0 Å². The van der Waals surface area contributed by atoms with Gasteiger partial charge in [0.2, 0.25) is 0 Å². The van der Waals surface area contributed by atoms with Gasteiger partial charge in [0.05, 0.1) is 31.8 Å². The summed E-state index contributed by atoms with van der Waals surface area (Å²) in [5.41, 5.74) is 0.716. The maximum Gasteiger partial charge on any atom is 0.197 e. The molecule has 0 aromatic heterocycles. The molecular formula is C14H5Cl3O2. The Morgan fingerprint density at radius 1 is 0.632 bits per heavy atom. The van der Waals surface area contributed by atoms with Crippen molar-refractivity contribution >= 4 is 46.4 Å². The van der Waals surface area contributed by atoms with Gasteiger partial charge < -0.3 is 0 Å². The molecule has 0 atom stereocenters. The van der Waals surface area contributed by atoms with Gasteiger partial charge in [0.25, 0.3) is 0 Å². The molecule has 2 aromatic rings. The highest BCUT2D eigenvalue weighted by Gasteiger charge is 2.34. The molecule has 0 radical (unpaired) electrons. The zero-order valence-electron chi connectivity index (χ0n) is 9.34. The van der Waals surface area contributed by atoms with Crippen LogP contribution in [0, 0.1) is 0 Å². The third-order valence-electron chi connectivity index (χ3n) is 3.04. The molecule has 2 nitrogen and oxygen atoms in total. The van der Waals surface area contributed by atoms with Crippen LogP contribution in [0.15, 0.2) is 30.3 Å². The number of carbonyl (C=O) groups excluding carboxylic acids is 2. The summed E-state index contributed by atoms with van der Waals surface area (Å²) in [7, 11) is 0. The summed E-state index contributed by atoms with van der Waals surface area (Å²) >= 11 is 18.0. The number of ketones is 2. The van der Waals surface area contributed by atoms with Crippen LogP contribution < -0.4 is 0 Å². The van der Waals surface area contributed by atoms with Crippen molar-refractivity contribution in [3.8, 4) is 0 Å². The quantitative estimate of drug-likeness (QED) is 0.616. The maximum atomic E-state index is 12.5. The lowest BCUT2D eigenvalue weighted by Crippen LogP contribution is -2.22. The van der Waals surface area contributed by atoms with E-state index in [-0.39, 0.29) is 48.9 Å². The van der Waals surface area contributed by atoms with Gasteiger partial charge in [0.1, 0.15) is 0 Å². The number of hydrogen-bond acceptors (Lipinski definition) is 2.